The molecule has 0 spiro atoms. The molecule has 1 fully saturated rings. The van der Waals surface area contributed by atoms with E-state index in [9.17, 15) is 5.11 Å². The van der Waals surface area contributed by atoms with Gasteiger partial charge >= 0.3 is 0 Å². The Morgan fingerprint density at radius 3 is 3.00 bits per heavy atom. The number of hydrogen-bond acceptors (Lipinski definition) is 2. The van der Waals surface area contributed by atoms with Crippen LogP contribution in [0.3, 0.4) is 0 Å². The van der Waals surface area contributed by atoms with Crippen LogP contribution in [-0.2, 0) is 0 Å². The Balaban J connectivity index is 2.28. The van der Waals surface area contributed by atoms with E-state index in [0.29, 0.717) is 0 Å². The molecule has 1 aliphatic rings. The summed E-state index contributed by atoms with van der Waals surface area (Å²) in [6.07, 6.45) is 1.94. The van der Waals surface area contributed by atoms with Crippen molar-refractivity contribution in [3.8, 4) is 0 Å². The molecule has 0 aromatic carbocycles. The molecule has 0 aromatic rings. The maximum Gasteiger partial charge on any atom is 0.198 e. The van der Waals surface area contributed by atoms with Gasteiger partial charge in [0.05, 0.1) is 6.10 Å². The fraction of sp³-hybridized carbons (Fsp3) is 0.875. The first-order valence-corrected chi connectivity index (χ1v) is 4.10. The summed E-state index contributed by atoms with van der Waals surface area (Å²) in [5.41, 5.74) is 0. The van der Waals surface area contributed by atoms with Crippen molar-refractivity contribution in [1.29, 1.82) is 0 Å². The van der Waals surface area contributed by atoms with Crippen LogP contribution >= 0.6 is 0 Å². The van der Waals surface area contributed by atoms with E-state index in [0.717, 1.165) is 32.6 Å². The number of β-amino-alcohol motifs (C(OH)–C–C–N with tert-alkyl or cyclic N) is 1. The van der Waals surface area contributed by atoms with E-state index in [1.165, 1.54) is 0 Å². The van der Waals surface area contributed by atoms with Crippen LogP contribution in [0.25, 0.3) is 0 Å². The van der Waals surface area contributed by atoms with Crippen LogP contribution in [-0.4, -0.2) is 54.2 Å². The predicted octanol–water partition coefficient (Wildman–Crippen LogP) is -0.257. The first kappa shape index (κ1) is 8.68. The Hall–Kier alpha value is -0.410. The smallest absolute Gasteiger partial charge is 0.198 e. The van der Waals surface area contributed by atoms with Gasteiger partial charge in [0.2, 0.25) is 0 Å². The molecular weight excluding hydrogens is 140 g/mol. The van der Waals surface area contributed by atoms with Crippen LogP contribution in [0.5, 0.6) is 0 Å². The van der Waals surface area contributed by atoms with Crippen LogP contribution < -0.4 is 0 Å². The molecule has 1 aliphatic heterocycles. The van der Waals surface area contributed by atoms with Crippen LogP contribution in [0.4, 0.5) is 0 Å². The SMILES string of the molecule is C=[N+](C)CN1CCC[C@H](O)C1. The summed E-state index contributed by atoms with van der Waals surface area (Å²) in [5, 5.41) is 9.31. The lowest BCUT2D eigenvalue weighted by atomic mass is 10.1. The largest absolute Gasteiger partial charge is 0.392 e. The zero-order valence-electron chi connectivity index (χ0n) is 7.16. The monoisotopic (exact) mass is 157 g/mol. The Morgan fingerprint density at radius 2 is 2.45 bits per heavy atom. The van der Waals surface area contributed by atoms with Gasteiger partial charge in [0, 0.05) is 13.1 Å². The van der Waals surface area contributed by atoms with Gasteiger partial charge in [-0.1, -0.05) is 0 Å². The molecule has 0 aliphatic carbocycles. The minimum absolute atomic E-state index is 0.122. The summed E-state index contributed by atoms with van der Waals surface area (Å²) >= 11 is 0. The van der Waals surface area contributed by atoms with Crippen molar-refractivity contribution < 1.29 is 9.68 Å². The fourth-order valence-corrected chi connectivity index (χ4v) is 1.50. The number of hydrogen-bond donors (Lipinski definition) is 1. The highest BCUT2D eigenvalue weighted by atomic mass is 16.3. The van der Waals surface area contributed by atoms with Crippen molar-refractivity contribution in [3.63, 3.8) is 0 Å². The predicted molar refractivity (Wildman–Crippen MR) is 45.0 cm³/mol. The molecule has 0 bridgehead atoms. The highest BCUT2D eigenvalue weighted by molar-refractivity contribution is 5.13. The van der Waals surface area contributed by atoms with Gasteiger partial charge < -0.3 is 5.11 Å². The molecule has 0 radical (unpaired) electrons. The molecule has 0 unspecified atom stereocenters. The lowest BCUT2D eigenvalue weighted by molar-refractivity contribution is -0.513. The molecule has 1 N–H and O–H groups in total. The number of likely N-dealkylation sites (tertiary alicyclic amines) is 1. The molecule has 0 amide bonds. The molecule has 1 saturated heterocycles. The summed E-state index contributed by atoms with van der Waals surface area (Å²) < 4.78 is 1.89. The molecule has 3 nitrogen and oxygen atoms in total. The Labute approximate surface area is 67.9 Å². The second-order valence-electron chi connectivity index (χ2n) is 3.37. The molecule has 0 saturated carbocycles. The third kappa shape index (κ3) is 2.99. The molecule has 1 heterocycles. The molecular formula is C8H17N2O+. The zero-order valence-corrected chi connectivity index (χ0v) is 7.16. The average Bonchev–Trinajstić information content (AvgIpc) is 1.85. The van der Waals surface area contributed by atoms with Crippen molar-refractivity contribution in [2.45, 2.75) is 18.9 Å². The second kappa shape index (κ2) is 3.83. The minimum atomic E-state index is -0.122. The quantitative estimate of drug-likeness (QED) is 0.442. The van der Waals surface area contributed by atoms with E-state index in [4.69, 9.17) is 0 Å². The lowest BCUT2D eigenvalue weighted by Crippen LogP contribution is -2.41. The highest BCUT2D eigenvalue weighted by Gasteiger charge is 2.18. The van der Waals surface area contributed by atoms with Gasteiger partial charge in [-0.25, -0.2) is 9.48 Å². The maximum absolute atomic E-state index is 9.31. The zero-order chi connectivity index (χ0) is 8.27. The molecule has 0 aromatic heterocycles. The first-order chi connectivity index (χ1) is 5.18. The van der Waals surface area contributed by atoms with Gasteiger partial charge in [-0.3, -0.25) is 0 Å². The molecule has 1 atom stereocenters. The minimum Gasteiger partial charge on any atom is -0.392 e. The number of aliphatic hydroxyl groups excluding tert-OH is 1. The van der Waals surface area contributed by atoms with Crippen LogP contribution in [0.2, 0.25) is 0 Å². The van der Waals surface area contributed by atoms with E-state index >= 15 is 0 Å². The Bertz CT molecular complexity index is 147. The first-order valence-electron chi connectivity index (χ1n) is 4.10. The summed E-state index contributed by atoms with van der Waals surface area (Å²) in [5.74, 6) is 0. The van der Waals surface area contributed by atoms with E-state index in [1.807, 2.05) is 11.6 Å². The van der Waals surface area contributed by atoms with Gasteiger partial charge in [0.25, 0.3) is 0 Å². The third-order valence-corrected chi connectivity index (χ3v) is 1.92. The van der Waals surface area contributed by atoms with E-state index < -0.39 is 0 Å². The van der Waals surface area contributed by atoms with Gasteiger partial charge in [0.1, 0.15) is 13.8 Å². The van der Waals surface area contributed by atoms with Gasteiger partial charge in [-0.2, -0.15) is 0 Å². The summed E-state index contributed by atoms with van der Waals surface area (Å²) in [6, 6.07) is 0. The van der Waals surface area contributed by atoms with Gasteiger partial charge in [0.15, 0.2) is 6.67 Å². The topological polar surface area (TPSA) is 26.5 Å². The standard InChI is InChI=1S/C8H17N2O/c1-9(2)7-10-5-3-4-8(11)6-10/h8,11H,1,3-7H2,2H3/q+1/t8-/m0/s1. The summed E-state index contributed by atoms with van der Waals surface area (Å²) in [4.78, 5) is 2.22. The molecule has 1 rings (SSSR count). The second-order valence-corrected chi connectivity index (χ2v) is 3.37. The fourth-order valence-electron chi connectivity index (χ4n) is 1.50. The summed E-state index contributed by atoms with van der Waals surface area (Å²) in [6.45, 7) is 6.53. The highest BCUT2D eigenvalue weighted by Crippen LogP contribution is 2.08. The van der Waals surface area contributed by atoms with Crippen LogP contribution in [0, 0.1) is 0 Å². The van der Waals surface area contributed by atoms with Crippen molar-refractivity contribution >= 4 is 6.72 Å². The number of nitrogens with zero attached hydrogens (tertiary/aromatic N) is 2. The van der Waals surface area contributed by atoms with Crippen LogP contribution in [0.15, 0.2) is 0 Å². The molecule has 64 valence electrons. The Kier molecular flexibility index (Phi) is 3.02. The van der Waals surface area contributed by atoms with Crippen molar-refractivity contribution in [2.24, 2.45) is 0 Å². The van der Waals surface area contributed by atoms with Crippen molar-refractivity contribution in [2.75, 3.05) is 26.8 Å². The maximum atomic E-state index is 9.31. The number of aliphatic hydroxyl groups is 1. The lowest BCUT2D eigenvalue weighted by Gasteiger charge is -2.27. The van der Waals surface area contributed by atoms with E-state index in [-0.39, 0.29) is 6.10 Å². The average molecular weight is 157 g/mol. The molecule has 3 heteroatoms. The number of piperidine rings is 1. The normalized spacial score (nSPS) is 26.9. The Morgan fingerprint density at radius 1 is 1.73 bits per heavy atom. The van der Waals surface area contributed by atoms with Crippen molar-refractivity contribution in [1.82, 2.24) is 4.90 Å². The summed E-state index contributed by atoms with van der Waals surface area (Å²) in [7, 11) is 1.95. The van der Waals surface area contributed by atoms with Crippen molar-refractivity contribution in [3.05, 3.63) is 0 Å². The van der Waals surface area contributed by atoms with E-state index in [1.54, 1.807) is 0 Å². The molecule has 11 heavy (non-hydrogen) atoms. The van der Waals surface area contributed by atoms with Crippen LogP contribution in [0.1, 0.15) is 12.8 Å². The number of rotatable bonds is 2. The van der Waals surface area contributed by atoms with Gasteiger partial charge in [-0.05, 0) is 12.8 Å². The van der Waals surface area contributed by atoms with E-state index in [2.05, 4.69) is 11.6 Å². The third-order valence-electron chi connectivity index (χ3n) is 1.92. The van der Waals surface area contributed by atoms with Gasteiger partial charge in [-0.15, -0.1) is 0 Å².